The van der Waals surface area contributed by atoms with Gasteiger partial charge in [0.25, 0.3) is 0 Å². The van der Waals surface area contributed by atoms with Gasteiger partial charge < -0.3 is 15.4 Å². The van der Waals surface area contributed by atoms with Gasteiger partial charge in [0.2, 0.25) is 0 Å². The second-order valence-electron chi connectivity index (χ2n) is 4.54. The van der Waals surface area contributed by atoms with Crippen LogP contribution in [0.2, 0.25) is 0 Å². The summed E-state index contributed by atoms with van der Waals surface area (Å²) in [6.45, 7) is 7.42. The predicted octanol–water partition coefficient (Wildman–Crippen LogP) is 2.32. The zero-order valence-corrected chi connectivity index (χ0v) is 13.6. The van der Waals surface area contributed by atoms with Crippen LogP contribution in [0.4, 0.5) is 0 Å². The van der Waals surface area contributed by atoms with E-state index in [-0.39, 0.29) is 0 Å². The Morgan fingerprint density at radius 2 is 2.20 bits per heavy atom. The van der Waals surface area contributed by atoms with E-state index in [0.29, 0.717) is 6.54 Å². The molecule has 0 radical (unpaired) electrons. The highest BCUT2D eigenvalue weighted by atomic mass is 32.1. The molecule has 0 unspecified atom stereocenters. The number of ether oxygens (including phenoxy) is 1. The van der Waals surface area contributed by atoms with E-state index < -0.39 is 0 Å². The fourth-order valence-corrected chi connectivity index (χ4v) is 2.43. The lowest BCUT2D eigenvalue weighted by atomic mass is 10.2. The minimum absolute atomic E-state index is 0.636. The van der Waals surface area contributed by atoms with Crippen molar-refractivity contribution in [3.63, 3.8) is 0 Å². The van der Waals surface area contributed by atoms with E-state index in [2.05, 4.69) is 34.5 Å². The molecule has 1 heterocycles. The van der Waals surface area contributed by atoms with E-state index >= 15 is 0 Å². The van der Waals surface area contributed by atoms with E-state index in [0.717, 1.165) is 43.5 Å². The van der Waals surface area contributed by atoms with Gasteiger partial charge in [0, 0.05) is 37.9 Å². The van der Waals surface area contributed by atoms with Gasteiger partial charge in [-0.25, -0.2) is 9.98 Å². The average molecular weight is 298 g/mol. The predicted molar refractivity (Wildman–Crippen MR) is 85.4 cm³/mol. The topological polar surface area (TPSA) is 58.5 Å². The number of thiazole rings is 1. The first-order valence-corrected chi connectivity index (χ1v) is 8.00. The minimum atomic E-state index is 0.636. The average Bonchev–Trinajstić information content (AvgIpc) is 2.85. The molecule has 0 amide bonds. The summed E-state index contributed by atoms with van der Waals surface area (Å²) in [4.78, 5) is 10.1. The molecule has 1 rings (SSSR count). The van der Waals surface area contributed by atoms with E-state index in [4.69, 9.17) is 4.74 Å². The number of unbranched alkanes of at least 4 members (excludes halogenated alkanes) is 2. The lowest BCUT2D eigenvalue weighted by molar-refractivity contribution is 0.192. The lowest BCUT2D eigenvalue weighted by Gasteiger charge is -2.10. The summed E-state index contributed by atoms with van der Waals surface area (Å²) in [5.74, 6) is 0.868. The van der Waals surface area contributed by atoms with Crippen molar-refractivity contribution in [2.24, 2.45) is 4.99 Å². The quantitative estimate of drug-likeness (QED) is 0.417. The molecule has 1 aromatic heterocycles. The molecule has 0 aromatic carbocycles. The number of nitrogens with one attached hydrogen (secondary N) is 2. The Hall–Kier alpha value is -1.14. The number of hydrogen-bond donors (Lipinski definition) is 2. The molecule has 0 saturated heterocycles. The Morgan fingerprint density at radius 3 is 2.85 bits per heavy atom. The van der Waals surface area contributed by atoms with Crippen LogP contribution in [0.3, 0.4) is 0 Å². The molecular weight excluding hydrogens is 272 g/mol. The number of nitrogens with zero attached hydrogens (tertiary/aromatic N) is 2. The van der Waals surface area contributed by atoms with Crippen molar-refractivity contribution >= 4 is 17.3 Å². The Balaban J connectivity index is 2.28. The van der Waals surface area contributed by atoms with E-state index in [1.54, 1.807) is 18.4 Å². The van der Waals surface area contributed by atoms with Crippen LogP contribution in [0.1, 0.15) is 36.1 Å². The third kappa shape index (κ3) is 7.45. The van der Waals surface area contributed by atoms with Crippen LogP contribution in [-0.2, 0) is 11.3 Å². The SMILES string of the molecule is CCNC(=NCc1ncc(C)s1)NCCCCCOC. The van der Waals surface area contributed by atoms with Gasteiger partial charge in [-0.2, -0.15) is 0 Å². The maximum atomic E-state index is 5.04. The normalized spacial score (nSPS) is 11.7. The highest BCUT2D eigenvalue weighted by molar-refractivity contribution is 7.11. The van der Waals surface area contributed by atoms with Crippen LogP contribution in [-0.4, -0.2) is 37.7 Å². The minimum Gasteiger partial charge on any atom is -0.385 e. The molecule has 0 aliphatic carbocycles. The van der Waals surface area contributed by atoms with Crippen LogP contribution in [0.25, 0.3) is 0 Å². The van der Waals surface area contributed by atoms with E-state index in [1.165, 1.54) is 11.3 Å². The number of hydrogen-bond acceptors (Lipinski definition) is 4. The summed E-state index contributed by atoms with van der Waals surface area (Å²) in [7, 11) is 1.74. The molecule has 0 saturated carbocycles. The first kappa shape index (κ1) is 16.9. The molecule has 0 bridgehead atoms. The molecule has 0 fully saturated rings. The van der Waals surface area contributed by atoms with Crippen molar-refractivity contribution in [3.8, 4) is 0 Å². The van der Waals surface area contributed by atoms with Gasteiger partial charge in [-0.15, -0.1) is 11.3 Å². The van der Waals surface area contributed by atoms with Crippen LogP contribution < -0.4 is 10.6 Å². The molecule has 114 valence electrons. The van der Waals surface area contributed by atoms with Crippen molar-refractivity contribution in [2.75, 3.05) is 26.8 Å². The number of aliphatic imine (C=N–C) groups is 1. The van der Waals surface area contributed by atoms with Crippen molar-refractivity contribution in [1.82, 2.24) is 15.6 Å². The van der Waals surface area contributed by atoms with Gasteiger partial charge in [0.15, 0.2) is 5.96 Å². The molecule has 0 aliphatic heterocycles. The van der Waals surface area contributed by atoms with Gasteiger partial charge in [0.1, 0.15) is 5.01 Å². The Bertz CT molecular complexity index is 392. The van der Waals surface area contributed by atoms with Crippen LogP contribution in [0.15, 0.2) is 11.2 Å². The summed E-state index contributed by atoms with van der Waals surface area (Å²) in [6, 6.07) is 0. The summed E-state index contributed by atoms with van der Waals surface area (Å²) in [5.41, 5.74) is 0. The van der Waals surface area contributed by atoms with Gasteiger partial charge in [0.05, 0.1) is 6.54 Å². The Kier molecular flexibility index (Phi) is 8.98. The van der Waals surface area contributed by atoms with Crippen molar-refractivity contribution in [1.29, 1.82) is 0 Å². The second-order valence-corrected chi connectivity index (χ2v) is 5.86. The number of guanidine groups is 1. The molecule has 0 spiro atoms. The van der Waals surface area contributed by atoms with Crippen molar-refractivity contribution in [3.05, 3.63) is 16.1 Å². The zero-order chi connectivity index (χ0) is 14.6. The monoisotopic (exact) mass is 298 g/mol. The molecule has 2 N–H and O–H groups in total. The highest BCUT2D eigenvalue weighted by Gasteiger charge is 2.00. The number of rotatable bonds is 9. The fourth-order valence-electron chi connectivity index (χ4n) is 1.72. The van der Waals surface area contributed by atoms with Crippen LogP contribution in [0.5, 0.6) is 0 Å². The smallest absolute Gasteiger partial charge is 0.191 e. The fraction of sp³-hybridized carbons (Fsp3) is 0.714. The largest absolute Gasteiger partial charge is 0.385 e. The summed E-state index contributed by atoms with van der Waals surface area (Å²) < 4.78 is 5.04. The van der Waals surface area contributed by atoms with E-state index in [9.17, 15) is 0 Å². The number of methoxy groups -OCH3 is 1. The van der Waals surface area contributed by atoms with Crippen molar-refractivity contribution < 1.29 is 4.74 Å². The van der Waals surface area contributed by atoms with E-state index in [1.807, 2.05) is 6.20 Å². The highest BCUT2D eigenvalue weighted by Crippen LogP contribution is 2.11. The molecule has 0 aliphatic rings. The maximum absolute atomic E-state index is 5.04. The first-order chi connectivity index (χ1) is 9.76. The van der Waals surface area contributed by atoms with Crippen molar-refractivity contribution in [2.45, 2.75) is 39.7 Å². The third-order valence-corrected chi connectivity index (χ3v) is 3.60. The Labute approximate surface area is 125 Å². The number of aryl methyl sites for hydroxylation is 1. The second kappa shape index (κ2) is 10.6. The molecule has 6 heteroatoms. The van der Waals surface area contributed by atoms with Gasteiger partial charge in [-0.1, -0.05) is 0 Å². The molecule has 1 aromatic rings. The molecule has 20 heavy (non-hydrogen) atoms. The molecule has 0 atom stereocenters. The number of aromatic nitrogens is 1. The summed E-state index contributed by atoms with van der Waals surface area (Å²) in [6.07, 6.45) is 5.31. The first-order valence-electron chi connectivity index (χ1n) is 7.18. The third-order valence-electron chi connectivity index (χ3n) is 2.70. The maximum Gasteiger partial charge on any atom is 0.191 e. The van der Waals surface area contributed by atoms with Gasteiger partial charge >= 0.3 is 0 Å². The van der Waals surface area contributed by atoms with Gasteiger partial charge in [-0.3, -0.25) is 0 Å². The van der Waals surface area contributed by atoms with Crippen LogP contribution in [0, 0.1) is 6.92 Å². The molecular formula is C14H26N4OS. The Morgan fingerprint density at radius 1 is 1.35 bits per heavy atom. The lowest BCUT2D eigenvalue weighted by Crippen LogP contribution is -2.37. The standard InChI is InChI=1S/C14H26N4OS/c1-4-15-14(16-8-6-5-7-9-19-3)18-11-13-17-10-12(2)20-13/h10H,4-9,11H2,1-3H3,(H2,15,16,18). The zero-order valence-electron chi connectivity index (χ0n) is 12.7. The summed E-state index contributed by atoms with van der Waals surface area (Å²) >= 11 is 1.70. The summed E-state index contributed by atoms with van der Waals surface area (Å²) in [5, 5.41) is 7.66. The van der Waals surface area contributed by atoms with Gasteiger partial charge in [-0.05, 0) is 33.1 Å². The molecule has 5 nitrogen and oxygen atoms in total. The van der Waals surface area contributed by atoms with Crippen LogP contribution >= 0.6 is 11.3 Å².